The van der Waals surface area contributed by atoms with Gasteiger partial charge < -0.3 is 19.3 Å². The number of allylic oxidation sites excluding steroid dienone is 1. The molecule has 0 bridgehead atoms. The molecule has 0 aliphatic heterocycles. The number of unbranched alkanes of at least 4 members (excludes halogenated alkanes) is 10. The first-order valence-corrected chi connectivity index (χ1v) is 12.8. The summed E-state index contributed by atoms with van der Waals surface area (Å²) in [5.41, 5.74) is 0. The molecular formula is C26H46O7. The Bertz CT molecular complexity index is 517. The van der Waals surface area contributed by atoms with Crippen LogP contribution in [0.5, 0.6) is 0 Å². The van der Waals surface area contributed by atoms with Gasteiger partial charge in [0.15, 0.2) is 5.78 Å². The number of carboxylic acids is 1. The molecule has 0 aromatic carbocycles. The highest BCUT2D eigenvalue weighted by atomic mass is 16.5. The summed E-state index contributed by atoms with van der Waals surface area (Å²) in [5, 5.41) is 8.54. The molecule has 192 valence electrons. The summed E-state index contributed by atoms with van der Waals surface area (Å²) in [6.07, 6.45) is 17.9. The molecule has 33 heavy (non-hydrogen) atoms. The predicted octanol–water partition coefficient (Wildman–Crippen LogP) is 5.64. The van der Waals surface area contributed by atoms with Gasteiger partial charge in [-0.05, 0) is 38.5 Å². The van der Waals surface area contributed by atoms with E-state index in [2.05, 4.69) is 13.0 Å². The summed E-state index contributed by atoms with van der Waals surface area (Å²) < 4.78 is 15.8. The van der Waals surface area contributed by atoms with Crippen LogP contribution in [0.15, 0.2) is 12.2 Å². The van der Waals surface area contributed by atoms with E-state index in [4.69, 9.17) is 19.3 Å². The first-order valence-electron chi connectivity index (χ1n) is 12.8. The van der Waals surface area contributed by atoms with Gasteiger partial charge in [-0.3, -0.25) is 14.4 Å². The Kier molecular flexibility index (Phi) is 23.6. The maximum Gasteiger partial charge on any atom is 0.306 e. The molecule has 0 aliphatic carbocycles. The third kappa shape index (κ3) is 26.4. The summed E-state index contributed by atoms with van der Waals surface area (Å²) in [7, 11) is 0. The van der Waals surface area contributed by atoms with Crippen molar-refractivity contribution in [2.45, 2.75) is 103 Å². The molecule has 0 atom stereocenters. The maximum absolute atomic E-state index is 11.7. The number of hydrogen-bond donors (Lipinski definition) is 1. The summed E-state index contributed by atoms with van der Waals surface area (Å²) in [6.45, 7) is 3.57. The van der Waals surface area contributed by atoms with E-state index in [1.165, 1.54) is 38.5 Å². The number of carbonyl (C=O) groups is 3. The molecule has 0 unspecified atom stereocenters. The van der Waals surface area contributed by atoms with E-state index in [0.717, 1.165) is 38.5 Å². The van der Waals surface area contributed by atoms with Crippen molar-refractivity contribution in [3.63, 3.8) is 0 Å². The summed E-state index contributed by atoms with van der Waals surface area (Å²) in [6, 6.07) is 0. The molecular weight excluding hydrogens is 424 g/mol. The normalized spacial score (nSPS) is 11.2. The lowest BCUT2D eigenvalue weighted by molar-refractivity contribution is -0.142. The van der Waals surface area contributed by atoms with Crippen molar-refractivity contribution >= 4 is 17.7 Å². The largest absolute Gasteiger partial charge is 0.481 e. The number of ether oxygens (including phenoxy) is 3. The fourth-order valence-corrected chi connectivity index (χ4v) is 3.16. The molecule has 0 saturated heterocycles. The van der Waals surface area contributed by atoms with Gasteiger partial charge in [0, 0.05) is 26.1 Å². The van der Waals surface area contributed by atoms with Gasteiger partial charge in [-0.1, -0.05) is 64.0 Å². The van der Waals surface area contributed by atoms with Gasteiger partial charge in [-0.2, -0.15) is 0 Å². The van der Waals surface area contributed by atoms with Crippen molar-refractivity contribution < 1.29 is 33.7 Å². The number of Topliss-reactive ketones (excluding diaryl/α,β-unsaturated/α-hetero) is 1. The highest BCUT2D eigenvalue weighted by molar-refractivity contribution is 5.80. The summed E-state index contributed by atoms with van der Waals surface area (Å²) >= 11 is 0. The molecule has 0 aromatic rings. The van der Waals surface area contributed by atoms with Crippen LogP contribution >= 0.6 is 0 Å². The fourth-order valence-electron chi connectivity index (χ4n) is 3.16. The highest BCUT2D eigenvalue weighted by Crippen LogP contribution is 2.07. The van der Waals surface area contributed by atoms with Crippen LogP contribution in [0.1, 0.15) is 103 Å². The van der Waals surface area contributed by atoms with Crippen LogP contribution < -0.4 is 0 Å². The molecule has 0 spiro atoms. The molecule has 0 heterocycles. The van der Waals surface area contributed by atoms with Crippen LogP contribution in [-0.4, -0.2) is 55.9 Å². The smallest absolute Gasteiger partial charge is 0.306 e. The SMILES string of the molecule is CCCCCCCCC=CCOC(=O)CCCCCOCC(=O)COCCCCCC(=O)O. The molecule has 0 aromatic heterocycles. The first kappa shape index (κ1) is 31.3. The monoisotopic (exact) mass is 470 g/mol. The van der Waals surface area contributed by atoms with E-state index in [1.54, 1.807) is 0 Å². The van der Waals surface area contributed by atoms with Crippen molar-refractivity contribution in [2.24, 2.45) is 0 Å². The second-order valence-corrected chi connectivity index (χ2v) is 8.37. The van der Waals surface area contributed by atoms with Gasteiger partial charge in [0.2, 0.25) is 0 Å². The van der Waals surface area contributed by atoms with Gasteiger partial charge in [0.25, 0.3) is 0 Å². The second kappa shape index (κ2) is 24.9. The Morgan fingerprint density at radius 2 is 1.27 bits per heavy atom. The van der Waals surface area contributed by atoms with Gasteiger partial charge in [-0.15, -0.1) is 0 Å². The molecule has 7 heteroatoms. The average molecular weight is 471 g/mol. The van der Waals surface area contributed by atoms with Crippen molar-refractivity contribution in [3.05, 3.63) is 12.2 Å². The van der Waals surface area contributed by atoms with Crippen LogP contribution in [-0.2, 0) is 28.6 Å². The number of esters is 1. The minimum Gasteiger partial charge on any atom is -0.481 e. The molecule has 0 rings (SSSR count). The van der Waals surface area contributed by atoms with E-state index in [0.29, 0.717) is 32.7 Å². The van der Waals surface area contributed by atoms with Gasteiger partial charge in [0.1, 0.15) is 19.8 Å². The zero-order chi connectivity index (χ0) is 24.4. The van der Waals surface area contributed by atoms with Crippen LogP contribution in [0.25, 0.3) is 0 Å². The Balaban J connectivity index is 3.35. The molecule has 7 nitrogen and oxygen atoms in total. The Hall–Kier alpha value is -1.73. The zero-order valence-electron chi connectivity index (χ0n) is 20.7. The van der Waals surface area contributed by atoms with E-state index >= 15 is 0 Å². The number of aliphatic carboxylic acids is 1. The molecule has 0 saturated carbocycles. The first-order chi connectivity index (χ1) is 16.1. The number of carboxylic acid groups (broad SMARTS) is 1. The van der Waals surface area contributed by atoms with E-state index in [9.17, 15) is 14.4 Å². The second-order valence-electron chi connectivity index (χ2n) is 8.37. The lowest BCUT2D eigenvalue weighted by atomic mass is 10.1. The standard InChI is InChI=1S/C26H46O7/c1-2-3-4-5-6-7-8-9-16-21-33-26(30)18-13-11-15-20-32-23-24(27)22-31-19-14-10-12-17-25(28)29/h9,16H,2-8,10-15,17-23H2,1H3,(H,28,29). The number of carbonyl (C=O) groups excluding carboxylic acids is 2. The lowest BCUT2D eigenvalue weighted by Crippen LogP contribution is -2.16. The molecule has 0 amide bonds. The molecule has 1 N–H and O–H groups in total. The van der Waals surface area contributed by atoms with Crippen molar-refractivity contribution in [1.29, 1.82) is 0 Å². The van der Waals surface area contributed by atoms with Gasteiger partial charge in [-0.25, -0.2) is 0 Å². The lowest BCUT2D eigenvalue weighted by Gasteiger charge is -2.05. The quantitative estimate of drug-likeness (QED) is 0.105. The van der Waals surface area contributed by atoms with Crippen LogP contribution in [0.2, 0.25) is 0 Å². The average Bonchev–Trinajstić information content (AvgIpc) is 2.78. The van der Waals surface area contributed by atoms with Crippen molar-refractivity contribution in [1.82, 2.24) is 0 Å². The molecule has 0 fully saturated rings. The molecule has 0 aliphatic rings. The number of hydrogen-bond acceptors (Lipinski definition) is 6. The van der Waals surface area contributed by atoms with Crippen LogP contribution in [0, 0.1) is 0 Å². The van der Waals surface area contributed by atoms with Crippen molar-refractivity contribution in [3.8, 4) is 0 Å². The van der Waals surface area contributed by atoms with E-state index in [-0.39, 0.29) is 31.4 Å². The van der Waals surface area contributed by atoms with Crippen molar-refractivity contribution in [2.75, 3.05) is 33.0 Å². The van der Waals surface area contributed by atoms with E-state index in [1.807, 2.05) is 6.08 Å². The number of rotatable bonds is 25. The summed E-state index contributed by atoms with van der Waals surface area (Å²) in [5.74, 6) is -1.06. The Morgan fingerprint density at radius 3 is 1.91 bits per heavy atom. The minimum atomic E-state index is -0.787. The van der Waals surface area contributed by atoms with Crippen LogP contribution in [0.4, 0.5) is 0 Å². The topological polar surface area (TPSA) is 99.1 Å². The molecule has 0 radical (unpaired) electrons. The third-order valence-electron chi connectivity index (χ3n) is 5.11. The minimum absolute atomic E-state index is 0.0260. The Labute approximate surface area is 200 Å². The number of ketones is 1. The zero-order valence-corrected chi connectivity index (χ0v) is 20.7. The Morgan fingerprint density at radius 1 is 0.697 bits per heavy atom. The van der Waals surface area contributed by atoms with E-state index < -0.39 is 5.97 Å². The van der Waals surface area contributed by atoms with Crippen LogP contribution in [0.3, 0.4) is 0 Å². The highest BCUT2D eigenvalue weighted by Gasteiger charge is 2.04. The van der Waals surface area contributed by atoms with Gasteiger partial charge >= 0.3 is 11.9 Å². The fraction of sp³-hybridized carbons (Fsp3) is 0.808. The van der Waals surface area contributed by atoms with Gasteiger partial charge in [0.05, 0.1) is 0 Å². The maximum atomic E-state index is 11.7. The predicted molar refractivity (Wildman–Crippen MR) is 129 cm³/mol. The summed E-state index contributed by atoms with van der Waals surface area (Å²) in [4.78, 5) is 33.7. The third-order valence-corrected chi connectivity index (χ3v) is 5.11.